The van der Waals surface area contributed by atoms with Crippen molar-refractivity contribution in [3.05, 3.63) is 70.5 Å². The number of ether oxygens (including phenoxy) is 1. The molecule has 4 heterocycles. The lowest BCUT2D eigenvalue weighted by Gasteiger charge is -2.29. The summed E-state index contributed by atoms with van der Waals surface area (Å²) in [5.41, 5.74) is 9.23. The number of amides is 2. The minimum Gasteiger partial charge on any atom is -0.497 e. The number of hydrogen-bond acceptors (Lipinski definition) is 6. The Morgan fingerprint density at radius 3 is 2.50 bits per heavy atom. The molecule has 4 aliphatic rings. The zero-order chi connectivity index (χ0) is 35.9. The van der Waals surface area contributed by atoms with E-state index in [1.165, 1.54) is 54.3 Å². The average molecular weight is 721 g/mol. The number of nitrogens with zero attached hydrogens (tertiary/aromatic N) is 5. The second kappa shape index (κ2) is 14.8. The summed E-state index contributed by atoms with van der Waals surface area (Å²) in [5, 5.41) is 6.49. The number of allylic oxidation sites excluding steroid dienone is 1. The van der Waals surface area contributed by atoms with E-state index in [9.17, 15) is 9.59 Å². The summed E-state index contributed by atoms with van der Waals surface area (Å²) in [6.07, 6.45) is 14.4. The maximum absolute atomic E-state index is 14.5. The fraction of sp³-hybridized carbons (Fsp3) is 0.500. The third-order valence-corrected chi connectivity index (χ3v) is 12.5. The van der Waals surface area contributed by atoms with E-state index in [0.717, 1.165) is 85.4 Å². The van der Waals surface area contributed by atoms with Crippen molar-refractivity contribution in [2.24, 2.45) is 0 Å². The van der Waals surface area contributed by atoms with Crippen LogP contribution in [0.3, 0.4) is 0 Å². The fourth-order valence-electron chi connectivity index (χ4n) is 8.72. The van der Waals surface area contributed by atoms with Gasteiger partial charge >= 0.3 is 0 Å². The molecule has 0 radical (unpaired) electrons. The maximum atomic E-state index is 14.5. The van der Waals surface area contributed by atoms with Crippen molar-refractivity contribution in [2.45, 2.75) is 95.4 Å². The van der Waals surface area contributed by atoms with E-state index in [4.69, 9.17) is 9.84 Å². The minimum atomic E-state index is -0.0797. The molecule has 2 aromatic heterocycles. The van der Waals surface area contributed by atoms with Gasteiger partial charge in [-0.3, -0.25) is 19.0 Å². The van der Waals surface area contributed by atoms with Gasteiger partial charge in [0.05, 0.1) is 42.8 Å². The van der Waals surface area contributed by atoms with Gasteiger partial charge < -0.3 is 19.1 Å². The molecule has 2 saturated carbocycles. The molecule has 0 bridgehead atoms. The van der Waals surface area contributed by atoms with Gasteiger partial charge in [-0.1, -0.05) is 39.2 Å². The van der Waals surface area contributed by atoms with Crippen LogP contribution in [0.15, 0.2) is 42.6 Å². The van der Waals surface area contributed by atoms with Crippen LogP contribution >= 0.6 is 11.9 Å². The van der Waals surface area contributed by atoms with Crippen molar-refractivity contribution in [3.63, 3.8) is 0 Å². The standard InChI is InChI=1S/C42H52N6O3S/c1-27(2)52-44-41(49)29-14-16-35-37(24-29)47-26-31(22-30-23-33(51-4)15-17-34(30)40(47)38(35)28-10-6-5-7-11-28)39-36(25-43-48(39)32-12-8-13-32)42(50)46-19-9-18-45(3)20-21-46/h14-17,22-25,27-28,32H,5-13,18-21,26H2,1-4H3,(H,44,49). The van der Waals surface area contributed by atoms with Crippen LogP contribution in [0.2, 0.25) is 0 Å². The first-order valence-electron chi connectivity index (χ1n) is 19.4. The molecule has 0 unspecified atom stereocenters. The average Bonchev–Trinajstić information content (AvgIpc) is 3.54. The van der Waals surface area contributed by atoms with Crippen molar-refractivity contribution >= 4 is 46.3 Å². The number of methoxy groups -OCH3 is 1. The van der Waals surface area contributed by atoms with Crippen molar-refractivity contribution in [3.8, 4) is 17.0 Å². The largest absolute Gasteiger partial charge is 0.497 e. The van der Waals surface area contributed by atoms with Gasteiger partial charge in [0.2, 0.25) is 0 Å². The second-order valence-electron chi connectivity index (χ2n) is 15.5. The van der Waals surface area contributed by atoms with Gasteiger partial charge in [-0.25, -0.2) is 0 Å². The molecule has 0 atom stereocenters. The fourth-order valence-corrected chi connectivity index (χ4v) is 9.18. The van der Waals surface area contributed by atoms with Gasteiger partial charge in [-0.15, -0.1) is 0 Å². The van der Waals surface area contributed by atoms with E-state index in [2.05, 4.69) is 76.2 Å². The molecule has 9 nitrogen and oxygen atoms in total. The normalized spacial score (nSPS) is 18.7. The lowest BCUT2D eigenvalue weighted by molar-refractivity contribution is 0.0762. The number of benzene rings is 2. The van der Waals surface area contributed by atoms with E-state index in [1.807, 2.05) is 17.2 Å². The maximum Gasteiger partial charge on any atom is 0.261 e. The molecule has 4 aromatic rings. The molecular weight excluding hydrogens is 669 g/mol. The molecule has 274 valence electrons. The van der Waals surface area contributed by atoms with E-state index in [-0.39, 0.29) is 23.1 Å². The molecule has 1 N–H and O–H groups in total. The van der Waals surface area contributed by atoms with Gasteiger partial charge in [-0.05, 0) is 123 Å². The molecule has 2 amide bonds. The Morgan fingerprint density at radius 2 is 1.75 bits per heavy atom. The summed E-state index contributed by atoms with van der Waals surface area (Å²) < 4.78 is 13.5. The van der Waals surface area contributed by atoms with Crippen LogP contribution in [0.25, 0.3) is 33.8 Å². The third-order valence-electron chi connectivity index (χ3n) is 11.7. The van der Waals surface area contributed by atoms with Crippen LogP contribution in [-0.2, 0) is 6.54 Å². The molecule has 3 fully saturated rings. The predicted molar refractivity (Wildman–Crippen MR) is 211 cm³/mol. The molecule has 10 heteroatoms. The number of likely N-dealkylation sites (N-methyl/N-ethyl adjacent to an activating group) is 1. The van der Waals surface area contributed by atoms with Crippen LogP contribution < -0.4 is 9.46 Å². The number of nitrogens with one attached hydrogen (secondary N) is 1. The number of carbonyl (C=O) groups excluding carboxylic acids is 2. The SMILES string of the molecule is COc1ccc2c(c1)C=C(c1c(C(=O)N3CCCN(C)CC3)cnn1C1CCC1)Cn1c-2c(C2CCCCC2)c2ccc(C(=O)NSC(C)C)cc21. The van der Waals surface area contributed by atoms with Crippen molar-refractivity contribution < 1.29 is 14.3 Å². The highest BCUT2D eigenvalue weighted by Gasteiger charge is 2.34. The summed E-state index contributed by atoms with van der Waals surface area (Å²) in [6, 6.07) is 13.0. The van der Waals surface area contributed by atoms with Crippen LogP contribution in [0, 0.1) is 0 Å². The van der Waals surface area contributed by atoms with E-state index in [0.29, 0.717) is 30.1 Å². The number of fused-ring (bicyclic) bond motifs is 5. The molecule has 2 aliphatic heterocycles. The van der Waals surface area contributed by atoms with Gasteiger partial charge in [0.1, 0.15) is 5.75 Å². The highest BCUT2D eigenvalue weighted by atomic mass is 32.2. The highest BCUT2D eigenvalue weighted by Crippen LogP contribution is 2.48. The monoisotopic (exact) mass is 720 g/mol. The Balaban J connectivity index is 1.33. The first-order chi connectivity index (χ1) is 25.3. The Kier molecular flexibility index (Phi) is 9.96. The summed E-state index contributed by atoms with van der Waals surface area (Å²) >= 11 is 1.45. The smallest absolute Gasteiger partial charge is 0.261 e. The summed E-state index contributed by atoms with van der Waals surface area (Å²) in [4.78, 5) is 32.4. The first kappa shape index (κ1) is 35.0. The Bertz CT molecular complexity index is 2020. The summed E-state index contributed by atoms with van der Waals surface area (Å²) in [7, 11) is 3.85. The second-order valence-corrected chi connectivity index (χ2v) is 16.9. The highest BCUT2D eigenvalue weighted by molar-refractivity contribution is 7.98. The Labute approximate surface area is 311 Å². The van der Waals surface area contributed by atoms with E-state index < -0.39 is 0 Å². The van der Waals surface area contributed by atoms with Crippen molar-refractivity contribution in [1.82, 2.24) is 28.9 Å². The number of rotatable bonds is 8. The van der Waals surface area contributed by atoms with Crippen molar-refractivity contribution in [2.75, 3.05) is 40.3 Å². The van der Waals surface area contributed by atoms with Gasteiger partial charge in [0.15, 0.2) is 0 Å². The molecule has 1 saturated heterocycles. The van der Waals surface area contributed by atoms with E-state index in [1.54, 1.807) is 7.11 Å². The van der Waals surface area contributed by atoms with Crippen molar-refractivity contribution in [1.29, 1.82) is 0 Å². The zero-order valence-corrected chi connectivity index (χ0v) is 31.9. The third kappa shape index (κ3) is 6.57. The first-order valence-corrected chi connectivity index (χ1v) is 20.3. The predicted octanol–water partition coefficient (Wildman–Crippen LogP) is 8.40. The van der Waals surface area contributed by atoms with Gasteiger partial charge in [0.25, 0.3) is 11.8 Å². The number of carbonyl (C=O) groups is 2. The van der Waals surface area contributed by atoms with Crippen LogP contribution in [0.4, 0.5) is 0 Å². The van der Waals surface area contributed by atoms with Crippen LogP contribution in [0.5, 0.6) is 5.75 Å². The molecule has 2 aromatic carbocycles. The molecular formula is C42H52N6O3S. The Hall–Kier alpha value is -4.02. The molecule has 8 rings (SSSR count). The minimum absolute atomic E-state index is 0.0639. The lowest BCUT2D eigenvalue weighted by Crippen LogP contribution is -2.35. The topological polar surface area (TPSA) is 84.6 Å². The summed E-state index contributed by atoms with van der Waals surface area (Å²) in [5.74, 6) is 1.22. The molecule has 0 spiro atoms. The van der Waals surface area contributed by atoms with Gasteiger partial charge in [0, 0.05) is 46.9 Å². The quantitative estimate of drug-likeness (QED) is 0.184. The van der Waals surface area contributed by atoms with Gasteiger partial charge in [-0.2, -0.15) is 5.10 Å². The van der Waals surface area contributed by atoms with Crippen LogP contribution in [-0.4, -0.2) is 81.5 Å². The lowest BCUT2D eigenvalue weighted by atomic mass is 9.81. The van der Waals surface area contributed by atoms with Crippen LogP contribution in [0.1, 0.15) is 121 Å². The zero-order valence-electron chi connectivity index (χ0n) is 31.1. The number of hydrogen-bond donors (Lipinski definition) is 1. The summed E-state index contributed by atoms with van der Waals surface area (Å²) in [6.45, 7) is 8.02. The Morgan fingerprint density at radius 1 is 0.923 bits per heavy atom. The molecule has 2 aliphatic carbocycles. The molecule has 52 heavy (non-hydrogen) atoms. The number of aromatic nitrogens is 3. The van der Waals surface area contributed by atoms with E-state index >= 15 is 0 Å².